The highest BCUT2D eigenvalue weighted by Gasteiger charge is 2.48. The van der Waals surface area contributed by atoms with Crippen molar-refractivity contribution in [1.29, 1.82) is 0 Å². The number of rotatable bonds is 7. The van der Waals surface area contributed by atoms with Gasteiger partial charge < -0.3 is 14.2 Å². The Morgan fingerprint density at radius 2 is 1.79 bits per heavy atom. The van der Waals surface area contributed by atoms with Gasteiger partial charge in [-0.15, -0.1) is 0 Å². The number of hydrogen-bond donors (Lipinski definition) is 1. The molecule has 0 spiro atoms. The van der Waals surface area contributed by atoms with Crippen molar-refractivity contribution in [3.8, 4) is 11.5 Å². The van der Waals surface area contributed by atoms with Crippen molar-refractivity contribution >= 4 is 31.9 Å². The summed E-state index contributed by atoms with van der Waals surface area (Å²) in [7, 11) is -3.96. The molecule has 0 aromatic heterocycles. The quantitative estimate of drug-likeness (QED) is 0.362. The molecule has 7 nitrogen and oxygen atoms in total. The summed E-state index contributed by atoms with van der Waals surface area (Å²) < 4.78 is 47.1. The van der Waals surface area contributed by atoms with E-state index >= 15 is 0 Å². The summed E-state index contributed by atoms with van der Waals surface area (Å²) in [4.78, 5) is 12.8. The normalized spacial score (nSPS) is 21.9. The van der Waals surface area contributed by atoms with Gasteiger partial charge in [0, 0.05) is 16.0 Å². The van der Waals surface area contributed by atoms with E-state index in [0.29, 0.717) is 18.8 Å². The van der Waals surface area contributed by atoms with Crippen LogP contribution in [0.2, 0.25) is 0 Å². The van der Waals surface area contributed by atoms with Crippen molar-refractivity contribution in [3.63, 3.8) is 0 Å². The van der Waals surface area contributed by atoms with Gasteiger partial charge in [-0.2, -0.15) is 0 Å². The van der Waals surface area contributed by atoms with Gasteiger partial charge in [0.1, 0.15) is 23.7 Å². The monoisotopic (exact) mass is 599 g/mol. The highest BCUT2D eigenvalue weighted by molar-refractivity contribution is 9.10. The van der Waals surface area contributed by atoms with E-state index in [1.807, 2.05) is 48.5 Å². The second kappa shape index (κ2) is 10.7. The van der Waals surface area contributed by atoms with E-state index in [1.54, 1.807) is 12.1 Å². The number of carbonyl (C=O) groups is 1. The van der Waals surface area contributed by atoms with Crippen LogP contribution in [0.25, 0.3) is 0 Å². The molecule has 2 aliphatic heterocycles. The highest BCUT2D eigenvalue weighted by Crippen LogP contribution is 2.51. The second-order valence-corrected chi connectivity index (χ2v) is 12.8. The summed E-state index contributed by atoms with van der Waals surface area (Å²) in [5.74, 6) is 0.915. The van der Waals surface area contributed by atoms with E-state index in [-0.39, 0.29) is 23.3 Å². The molecule has 3 aromatic carbocycles. The van der Waals surface area contributed by atoms with Gasteiger partial charge in [-0.25, -0.2) is 13.1 Å². The first-order chi connectivity index (χ1) is 18.1. The third kappa shape index (κ3) is 5.90. The van der Waals surface area contributed by atoms with E-state index in [1.165, 1.54) is 12.1 Å². The molecule has 3 atom stereocenters. The smallest absolute Gasteiger partial charge is 0.264 e. The van der Waals surface area contributed by atoms with Crippen molar-refractivity contribution in [2.45, 2.75) is 62.4 Å². The molecule has 0 aliphatic carbocycles. The number of nitrogens with one attached hydrogen (secondary N) is 1. The van der Waals surface area contributed by atoms with Gasteiger partial charge in [0.05, 0.1) is 23.5 Å². The average molecular weight is 601 g/mol. The molecule has 2 heterocycles. The maximum absolute atomic E-state index is 12.7. The lowest BCUT2D eigenvalue weighted by molar-refractivity contribution is -0.155. The Balaban J connectivity index is 1.29. The predicted molar refractivity (Wildman–Crippen MR) is 146 cm³/mol. The number of benzene rings is 3. The minimum Gasteiger partial charge on any atom is -0.489 e. The third-order valence-corrected chi connectivity index (χ3v) is 9.01. The number of amides is 1. The van der Waals surface area contributed by atoms with Crippen LogP contribution in [0.5, 0.6) is 11.5 Å². The Hall–Kier alpha value is -2.88. The predicted octanol–water partition coefficient (Wildman–Crippen LogP) is 5.93. The molecule has 0 unspecified atom stereocenters. The van der Waals surface area contributed by atoms with Gasteiger partial charge in [0.25, 0.3) is 10.0 Å². The Labute approximate surface area is 231 Å². The number of halogens is 1. The third-order valence-electron chi connectivity index (χ3n) is 7.09. The number of fused-ring (bicyclic) bond motifs is 3. The Bertz CT molecular complexity index is 1410. The van der Waals surface area contributed by atoms with Crippen LogP contribution >= 0.6 is 15.9 Å². The molecule has 2 aliphatic rings. The van der Waals surface area contributed by atoms with Gasteiger partial charge in [-0.1, -0.05) is 46.3 Å². The van der Waals surface area contributed by atoms with Crippen LogP contribution in [-0.2, 0) is 26.2 Å². The zero-order chi connectivity index (χ0) is 26.9. The van der Waals surface area contributed by atoms with E-state index in [0.717, 1.165) is 27.8 Å². The number of ether oxygens (including phenoxy) is 3. The summed E-state index contributed by atoms with van der Waals surface area (Å²) in [6.45, 7) is 4.54. The zero-order valence-electron chi connectivity index (χ0n) is 21.2. The van der Waals surface area contributed by atoms with E-state index in [4.69, 9.17) is 14.2 Å². The molecular weight excluding hydrogens is 570 g/mol. The maximum Gasteiger partial charge on any atom is 0.264 e. The molecule has 1 saturated heterocycles. The second-order valence-electron chi connectivity index (χ2n) is 10.2. The van der Waals surface area contributed by atoms with Crippen LogP contribution in [0, 0.1) is 5.92 Å². The van der Waals surface area contributed by atoms with Crippen molar-refractivity contribution in [2.24, 2.45) is 5.92 Å². The largest absolute Gasteiger partial charge is 0.489 e. The summed E-state index contributed by atoms with van der Waals surface area (Å²) >= 11 is 3.28. The van der Waals surface area contributed by atoms with Crippen LogP contribution in [-0.4, -0.2) is 26.0 Å². The zero-order valence-corrected chi connectivity index (χ0v) is 23.6. The van der Waals surface area contributed by atoms with Crippen molar-refractivity contribution < 1.29 is 27.4 Å². The summed E-state index contributed by atoms with van der Waals surface area (Å²) in [5.41, 5.74) is 1.49. The Morgan fingerprint density at radius 3 is 2.53 bits per heavy atom. The first-order valence-electron chi connectivity index (χ1n) is 12.6. The van der Waals surface area contributed by atoms with Crippen LogP contribution in [0.1, 0.15) is 50.3 Å². The van der Waals surface area contributed by atoms with E-state index < -0.39 is 27.6 Å². The first kappa shape index (κ1) is 26.7. The molecule has 200 valence electrons. The van der Waals surface area contributed by atoms with E-state index in [2.05, 4.69) is 34.5 Å². The molecular formula is C29H30BrNO6S. The van der Waals surface area contributed by atoms with Gasteiger partial charge >= 0.3 is 0 Å². The molecule has 5 rings (SSSR count). The summed E-state index contributed by atoms with van der Waals surface area (Å²) in [6, 6.07) is 21.8. The van der Waals surface area contributed by atoms with Crippen LogP contribution < -0.4 is 14.2 Å². The topological polar surface area (TPSA) is 90.9 Å². The molecule has 0 saturated carbocycles. The molecule has 38 heavy (non-hydrogen) atoms. The van der Waals surface area contributed by atoms with Crippen molar-refractivity contribution in [1.82, 2.24) is 4.72 Å². The average Bonchev–Trinajstić information content (AvgIpc) is 2.88. The van der Waals surface area contributed by atoms with Crippen molar-refractivity contribution in [3.05, 3.63) is 88.4 Å². The number of sulfonamides is 1. The minimum atomic E-state index is -3.96. The van der Waals surface area contributed by atoms with Crippen LogP contribution in [0.4, 0.5) is 0 Å². The fourth-order valence-corrected chi connectivity index (χ4v) is 6.40. The Kier molecular flexibility index (Phi) is 7.53. The molecule has 1 amide bonds. The number of carbonyl (C=O) groups excluding carboxylic acids is 1. The minimum absolute atomic E-state index is 0.0295. The van der Waals surface area contributed by atoms with Gasteiger partial charge in [0.15, 0.2) is 0 Å². The maximum atomic E-state index is 12.7. The molecule has 1 N–H and O–H groups in total. The first-order valence-corrected chi connectivity index (χ1v) is 14.8. The number of hydrogen-bond acceptors (Lipinski definition) is 6. The fourth-order valence-electron chi connectivity index (χ4n) is 5.14. The summed E-state index contributed by atoms with van der Waals surface area (Å²) in [5, 5.41) is 0. The lowest BCUT2D eigenvalue weighted by Crippen LogP contribution is -2.49. The lowest BCUT2D eigenvalue weighted by Gasteiger charge is -2.48. The lowest BCUT2D eigenvalue weighted by atomic mass is 9.75. The molecule has 0 radical (unpaired) electrons. The van der Waals surface area contributed by atoms with Gasteiger partial charge in [-0.05, 0) is 74.7 Å². The SMILES string of the molecule is CC1(C)Oc2ccc(OCc3ccccc3)cc2[C@@H]2O[C@H](CC(=O)NS(=O)(=O)c3ccc(Br)cc3)CC[C@H]21. The van der Waals surface area contributed by atoms with Crippen molar-refractivity contribution in [2.75, 3.05) is 0 Å². The highest BCUT2D eigenvalue weighted by atomic mass is 79.9. The standard InChI is InChI=1S/C29H30BrNO6S/c1-29(2)25-14-10-22(17-27(32)31-38(33,34)23-12-8-20(30)9-13-23)36-28(25)24-16-21(11-15-26(24)37-29)35-18-19-6-4-3-5-7-19/h3-9,11-13,15-16,22,25,28H,10,14,17-18H2,1-2H3,(H,31,32)/t22-,25+,28-/m0/s1. The molecule has 3 aromatic rings. The summed E-state index contributed by atoms with van der Waals surface area (Å²) in [6.07, 6.45) is 0.624. The molecule has 9 heteroatoms. The van der Waals surface area contributed by atoms with E-state index in [9.17, 15) is 13.2 Å². The molecule has 1 fully saturated rings. The van der Waals surface area contributed by atoms with Crippen LogP contribution in [0.15, 0.2) is 82.2 Å². The van der Waals surface area contributed by atoms with Gasteiger partial charge in [-0.3, -0.25) is 4.79 Å². The molecule has 0 bridgehead atoms. The Morgan fingerprint density at radius 1 is 1.05 bits per heavy atom. The van der Waals surface area contributed by atoms with Crippen LogP contribution in [0.3, 0.4) is 0 Å². The van der Waals surface area contributed by atoms with Gasteiger partial charge in [0.2, 0.25) is 5.91 Å². The fraction of sp³-hybridized carbons (Fsp3) is 0.345.